The van der Waals surface area contributed by atoms with Crippen molar-refractivity contribution < 1.29 is 4.79 Å². The van der Waals surface area contributed by atoms with Gasteiger partial charge < -0.3 is 5.73 Å². The highest BCUT2D eigenvalue weighted by molar-refractivity contribution is 5.84. The number of carbonyl (C=O) groups is 1. The Bertz CT molecular complexity index is 605. The quantitative estimate of drug-likeness (QED) is 0.916. The normalized spacial score (nSPS) is 22.0. The summed E-state index contributed by atoms with van der Waals surface area (Å²) in [6, 6.07) is 9.90. The molecular formula is C19H26N4O. The van der Waals surface area contributed by atoms with Crippen LogP contribution in [0.3, 0.4) is 0 Å². The summed E-state index contributed by atoms with van der Waals surface area (Å²) in [5.74, 6) is -0.151. The van der Waals surface area contributed by atoms with E-state index in [0.717, 1.165) is 45.6 Å². The smallest absolute Gasteiger partial charge is 0.238 e. The molecule has 0 bridgehead atoms. The number of likely N-dealkylation sites (tertiary alicyclic amines) is 2. The van der Waals surface area contributed by atoms with E-state index in [-0.39, 0.29) is 5.91 Å². The zero-order chi connectivity index (χ0) is 17.0. The second-order valence-electron chi connectivity index (χ2n) is 7.03. The van der Waals surface area contributed by atoms with Crippen LogP contribution in [0, 0.1) is 11.3 Å². The molecule has 3 rings (SSSR count). The van der Waals surface area contributed by atoms with Gasteiger partial charge in [-0.05, 0) is 56.5 Å². The number of piperidine rings is 2. The van der Waals surface area contributed by atoms with Crippen LogP contribution in [-0.4, -0.2) is 47.4 Å². The first kappa shape index (κ1) is 16.9. The van der Waals surface area contributed by atoms with Crippen LogP contribution >= 0.6 is 0 Å². The molecule has 0 aromatic heterocycles. The predicted molar refractivity (Wildman–Crippen MR) is 93.0 cm³/mol. The molecular weight excluding hydrogens is 300 g/mol. The lowest BCUT2D eigenvalue weighted by atomic mass is 9.83. The Hall–Kier alpha value is -1.90. The van der Waals surface area contributed by atoms with E-state index < -0.39 is 5.54 Å². The molecule has 2 heterocycles. The van der Waals surface area contributed by atoms with E-state index in [1.807, 2.05) is 24.3 Å². The summed E-state index contributed by atoms with van der Waals surface area (Å²) in [4.78, 5) is 17.0. The molecule has 5 heteroatoms. The number of nitriles is 1. The van der Waals surface area contributed by atoms with Gasteiger partial charge in [-0.15, -0.1) is 0 Å². The van der Waals surface area contributed by atoms with E-state index in [1.165, 1.54) is 24.8 Å². The van der Waals surface area contributed by atoms with Gasteiger partial charge in [0.2, 0.25) is 5.91 Å². The van der Waals surface area contributed by atoms with Crippen LogP contribution in [-0.2, 0) is 11.3 Å². The number of rotatable bonds is 4. The average molecular weight is 326 g/mol. The predicted octanol–water partition coefficient (Wildman–Crippen LogP) is 1.86. The number of primary amides is 1. The van der Waals surface area contributed by atoms with Crippen LogP contribution in [0.15, 0.2) is 24.3 Å². The van der Waals surface area contributed by atoms with Crippen LogP contribution in [0.5, 0.6) is 0 Å². The number of hydrogen-bond donors (Lipinski definition) is 1. The topological polar surface area (TPSA) is 73.4 Å². The van der Waals surface area contributed by atoms with Gasteiger partial charge in [0, 0.05) is 19.6 Å². The van der Waals surface area contributed by atoms with Gasteiger partial charge >= 0.3 is 0 Å². The fourth-order valence-electron chi connectivity index (χ4n) is 4.06. The van der Waals surface area contributed by atoms with Crippen molar-refractivity contribution in [1.29, 1.82) is 5.26 Å². The van der Waals surface area contributed by atoms with E-state index in [2.05, 4.69) is 15.9 Å². The van der Waals surface area contributed by atoms with Gasteiger partial charge in [0.15, 0.2) is 0 Å². The van der Waals surface area contributed by atoms with Crippen molar-refractivity contribution in [2.75, 3.05) is 26.2 Å². The number of nitrogens with two attached hydrogens (primary N) is 1. The molecule has 128 valence electrons. The van der Waals surface area contributed by atoms with Crippen molar-refractivity contribution in [3.05, 3.63) is 35.4 Å². The molecule has 0 unspecified atom stereocenters. The summed E-state index contributed by atoms with van der Waals surface area (Å²) in [6.07, 6.45) is 5.24. The lowest BCUT2D eigenvalue weighted by Crippen LogP contribution is -2.63. The SMILES string of the molecule is N#Cc1ccc(CN2CCC(C(N)=O)(N3CCCCC3)CC2)cc1. The number of carbonyl (C=O) groups excluding carboxylic acids is 1. The van der Waals surface area contributed by atoms with Gasteiger partial charge in [0.1, 0.15) is 5.54 Å². The van der Waals surface area contributed by atoms with Crippen molar-refractivity contribution in [3.63, 3.8) is 0 Å². The number of amides is 1. The summed E-state index contributed by atoms with van der Waals surface area (Å²) in [6.45, 7) is 4.64. The highest BCUT2D eigenvalue weighted by atomic mass is 16.1. The Morgan fingerprint density at radius 3 is 2.25 bits per heavy atom. The second-order valence-corrected chi connectivity index (χ2v) is 7.03. The van der Waals surface area contributed by atoms with Gasteiger partial charge in [0.25, 0.3) is 0 Å². The van der Waals surface area contributed by atoms with E-state index >= 15 is 0 Å². The molecule has 2 aliphatic rings. The third-order valence-electron chi connectivity index (χ3n) is 5.59. The van der Waals surface area contributed by atoms with E-state index in [0.29, 0.717) is 5.56 Å². The molecule has 2 fully saturated rings. The minimum Gasteiger partial charge on any atom is -0.368 e. The lowest BCUT2D eigenvalue weighted by Gasteiger charge is -2.48. The van der Waals surface area contributed by atoms with Crippen LogP contribution in [0.2, 0.25) is 0 Å². The first-order chi connectivity index (χ1) is 11.6. The third kappa shape index (κ3) is 3.45. The Morgan fingerprint density at radius 2 is 1.71 bits per heavy atom. The molecule has 0 radical (unpaired) electrons. The Labute approximate surface area is 144 Å². The second kappa shape index (κ2) is 7.33. The highest BCUT2D eigenvalue weighted by Crippen LogP contribution is 2.32. The zero-order valence-corrected chi connectivity index (χ0v) is 14.2. The molecule has 2 aliphatic heterocycles. The van der Waals surface area contributed by atoms with Crippen molar-refractivity contribution in [2.24, 2.45) is 5.73 Å². The monoisotopic (exact) mass is 326 g/mol. The largest absolute Gasteiger partial charge is 0.368 e. The Balaban J connectivity index is 1.62. The number of benzene rings is 1. The van der Waals surface area contributed by atoms with E-state index in [9.17, 15) is 4.79 Å². The van der Waals surface area contributed by atoms with Crippen LogP contribution in [0.1, 0.15) is 43.2 Å². The molecule has 5 nitrogen and oxygen atoms in total. The molecule has 2 saturated heterocycles. The molecule has 1 amide bonds. The van der Waals surface area contributed by atoms with Crippen molar-refractivity contribution in [3.8, 4) is 6.07 Å². The highest BCUT2D eigenvalue weighted by Gasteiger charge is 2.44. The van der Waals surface area contributed by atoms with Gasteiger partial charge in [-0.3, -0.25) is 14.6 Å². The van der Waals surface area contributed by atoms with Crippen molar-refractivity contribution in [1.82, 2.24) is 9.80 Å². The number of nitrogens with zero attached hydrogens (tertiary/aromatic N) is 3. The fourth-order valence-corrected chi connectivity index (χ4v) is 4.06. The summed E-state index contributed by atoms with van der Waals surface area (Å²) in [7, 11) is 0. The van der Waals surface area contributed by atoms with Crippen LogP contribution in [0.4, 0.5) is 0 Å². The summed E-state index contributed by atoms with van der Waals surface area (Å²) >= 11 is 0. The minimum absolute atomic E-state index is 0.151. The first-order valence-electron chi connectivity index (χ1n) is 8.90. The summed E-state index contributed by atoms with van der Waals surface area (Å²) < 4.78 is 0. The van der Waals surface area contributed by atoms with Gasteiger partial charge in [-0.2, -0.15) is 5.26 Å². The Morgan fingerprint density at radius 1 is 1.08 bits per heavy atom. The van der Waals surface area contributed by atoms with Gasteiger partial charge in [0.05, 0.1) is 11.6 Å². The van der Waals surface area contributed by atoms with E-state index in [4.69, 9.17) is 11.0 Å². The van der Waals surface area contributed by atoms with Crippen LogP contribution in [0.25, 0.3) is 0 Å². The molecule has 2 N–H and O–H groups in total. The third-order valence-corrected chi connectivity index (χ3v) is 5.59. The lowest BCUT2D eigenvalue weighted by molar-refractivity contribution is -0.135. The van der Waals surface area contributed by atoms with Gasteiger partial charge in [-0.1, -0.05) is 18.6 Å². The molecule has 0 saturated carbocycles. The maximum atomic E-state index is 12.2. The molecule has 0 atom stereocenters. The standard InChI is InChI=1S/C19H26N4O/c20-14-16-4-6-17(7-5-16)15-22-12-8-19(9-13-22,18(21)24)23-10-2-1-3-11-23/h4-7H,1-3,8-13,15H2,(H2,21,24). The average Bonchev–Trinajstić information content (AvgIpc) is 2.63. The van der Waals surface area contributed by atoms with Crippen LogP contribution < -0.4 is 5.73 Å². The van der Waals surface area contributed by atoms with Crippen molar-refractivity contribution >= 4 is 5.91 Å². The molecule has 0 aliphatic carbocycles. The van der Waals surface area contributed by atoms with Crippen molar-refractivity contribution in [2.45, 2.75) is 44.2 Å². The minimum atomic E-state index is -0.443. The number of hydrogen-bond acceptors (Lipinski definition) is 4. The van der Waals surface area contributed by atoms with Gasteiger partial charge in [-0.25, -0.2) is 0 Å². The Kier molecular flexibility index (Phi) is 5.17. The maximum Gasteiger partial charge on any atom is 0.238 e. The van der Waals surface area contributed by atoms with E-state index in [1.54, 1.807) is 0 Å². The molecule has 1 aromatic rings. The first-order valence-corrected chi connectivity index (χ1v) is 8.90. The molecule has 24 heavy (non-hydrogen) atoms. The summed E-state index contributed by atoms with van der Waals surface area (Å²) in [5, 5.41) is 8.87. The summed E-state index contributed by atoms with van der Waals surface area (Å²) in [5.41, 5.74) is 7.29. The fraction of sp³-hybridized carbons (Fsp3) is 0.579. The maximum absolute atomic E-state index is 12.2. The molecule has 0 spiro atoms. The zero-order valence-electron chi connectivity index (χ0n) is 14.2. The molecule has 1 aromatic carbocycles.